The number of piperidine rings is 1. The number of carbonyl (C=O) groups excluding carboxylic acids is 1. The van der Waals surface area contributed by atoms with Gasteiger partial charge in [-0.25, -0.2) is 0 Å². The Balaban J connectivity index is 1.42. The van der Waals surface area contributed by atoms with Crippen molar-refractivity contribution in [2.24, 2.45) is 5.92 Å². The van der Waals surface area contributed by atoms with E-state index in [1.54, 1.807) is 12.4 Å². The Kier molecular flexibility index (Phi) is 7.28. The van der Waals surface area contributed by atoms with Gasteiger partial charge in [-0.05, 0) is 80.6 Å². The van der Waals surface area contributed by atoms with Crippen molar-refractivity contribution in [3.8, 4) is 0 Å². The molecule has 0 spiro atoms. The average molecular weight is 429 g/mol. The topological polar surface area (TPSA) is 49.3 Å². The van der Waals surface area contributed by atoms with E-state index in [4.69, 9.17) is 0 Å². The van der Waals surface area contributed by atoms with E-state index in [1.165, 1.54) is 11.1 Å². The number of amides is 1. The highest BCUT2D eigenvalue weighted by atomic mass is 16.2. The fourth-order valence-electron chi connectivity index (χ4n) is 4.48. The Bertz CT molecular complexity index is 1030. The molecule has 1 aromatic carbocycles. The van der Waals surface area contributed by atoms with Gasteiger partial charge in [-0.2, -0.15) is 0 Å². The highest BCUT2D eigenvalue weighted by Crippen LogP contribution is 2.23. The lowest BCUT2D eigenvalue weighted by Crippen LogP contribution is -2.40. The Morgan fingerprint density at radius 3 is 2.53 bits per heavy atom. The van der Waals surface area contributed by atoms with Gasteiger partial charge in [0.1, 0.15) is 0 Å². The molecule has 1 saturated heterocycles. The number of aromatic nitrogens is 2. The molecule has 0 atom stereocenters. The van der Waals surface area contributed by atoms with Gasteiger partial charge in [-0.15, -0.1) is 0 Å². The van der Waals surface area contributed by atoms with Gasteiger partial charge in [0.15, 0.2) is 0 Å². The van der Waals surface area contributed by atoms with E-state index in [0.29, 0.717) is 18.0 Å². The van der Waals surface area contributed by atoms with Crippen molar-refractivity contribution in [2.45, 2.75) is 39.8 Å². The van der Waals surface area contributed by atoms with Crippen LogP contribution in [0.1, 0.15) is 45.6 Å². The van der Waals surface area contributed by atoms with Crippen molar-refractivity contribution in [3.63, 3.8) is 0 Å². The van der Waals surface area contributed by atoms with Gasteiger partial charge < -0.3 is 4.90 Å². The number of hydrogen-bond acceptors (Lipinski definition) is 4. The van der Waals surface area contributed by atoms with Gasteiger partial charge in [0.05, 0.1) is 5.56 Å². The quantitative estimate of drug-likeness (QED) is 0.550. The van der Waals surface area contributed by atoms with Crippen molar-refractivity contribution in [1.29, 1.82) is 0 Å². The van der Waals surface area contributed by atoms with Gasteiger partial charge in [0, 0.05) is 43.9 Å². The first-order chi connectivity index (χ1) is 15.6. The molecule has 5 nitrogen and oxygen atoms in total. The maximum atomic E-state index is 13.4. The standard InChI is InChI=1S/C27H32N4O/c1-21-7-3-4-9-25(21)20-30-15-11-23(12-16-30)18-31(19-24-8-5-13-28-17-24)27(32)26-10-6-14-29-22(26)2/h3-10,13-14,17,23H,11-12,15-16,18-20H2,1-2H3. The summed E-state index contributed by atoms with van der Waals surface area (Å²) in [5.74, 6) is 0.558. The smallest absolute Gasteiger partial charge is 0.256 e. The van der Waals surface area contributed by atoms with Crippen molar-refractivity contribution < 1.29 is 4.79 Å². The molecule has 1 aliphatic heterocycles. The molecule has 0 aliphatic carbocycles. The highest BCUT2D eigenvalue weighted by Gasteiger charge is 2.25. The average Bonchev–Trinajstić information content (AvgIpc) is 2.82. The third-order valence-electron chi connectivity index (χ3n) is 6.46. The Hall–Kier alpha value is -3.05. The second kappa shape index (κ2) is 10.5. The SMILES string of the molecule is Cc1ccccc1CN1CCC(CN(Cc2cccnc2)C(=O)c2cccnc2C)CC1. The van der Waals surface area contributed by atoms with Crippen LogP contribution in [0.3, 0.4) is 0 Å². The molecule has 4 rings (SSSR count). The van der Waals surface area contributed by atoms with Crippen molar-refractivity contribution >= 4 is 5.91 Å². The van der Waals surface area contributed by atoms with Crippen LogP contribution >= 0.6 is 0 Å². The fraction of sp³-hybridized carbons (Fsp3) is 0.370. The molecule has 2 aromatic heterocycles. The minimum absolute atomic E-state index is 0.0572. The summed E-state index contributed by atoms with van der Waals surface area (Å²) in [6.07, 6.45) is 7.57. The maximum Gasteiger partial charge on any atom is 0.256 e. The third kappa shape index (κ3) is 5.60. The zero-order valence-electron chi connectivity index (χ0n) is 19.1. The van der Waals surface area contributed by atoms with Gasteiger partial charge in [0.2, 0.25) is 0 Å². The van der Waals surface area contributed by atoms with Crippen LogP contribution in [-0.4, -0.2) is 45.3 Å². The van der Waals surface area contributed by atoms with E-state index in [0.717, 1.165) is 50.3 Å². The molecular weight excluding hydrogens is 396 g/mol. The maximum absolute atomic E-state index is 13.4. The molecule has 3 heterocycles. The number of hydrogen-bond donors (Lipinski definition) is 0. The number of likely N-dealkylation sites (tertiary alicyclic amines) is 1. The summed E-state index contributed by atoms with van der Waals surface area (Å²) in [6, 6.07) is 16.3. The van der Waals surface area contributed by atoms with Crippen LogP contribution in [-0.2, 0) is 13.1 Å². The normalized spacial score (nSPS) is 14.9. The number of benzene rings is 1. The van der Waals surface area contributed by atoms with E-state index < -0.39 is 0 Å². The van der Waals surface area contributed by atoms with Crippen LogP contribution in [0.15, 0.2) is 67.1 Å². The molecule has 0 bridgehead atoms. The number of aryl methyl sites for hydroxylation is 2. The number of nitrogens with zero attached hydrogens (tertiary/aromatic N) is 4. The summed E-state index contributed by atoms with van der Waals surface area (Å²) in [5.41, 5.74) is 5.29. The molecule has 32 heavy (non-hydrogen) atoms. The zero-order valence-corrected chi connectivity index (χ0v) is 19.1. The first kappa shape index (κ1) is 22.2. The summed E-state index contributed by atoms with van der Waals surface area (Å²) < 4.78 is 0. The minimum Gasteiger partial charge on any atom is -0.334 e. The van der Waals surface area contributed by atoms with Crippen LogP contribution in [0.2, 0.25) is 0 Å². The monoisotopic (exact) mass is 428 g/mol. The Morgan fingerprint density at radius 1 is 1.03 bits per heavy atom. The second-order valence-electron chi connectivity index (χ2n) is 8.83. The van der Waals surface area contributed by atoms with Crippen LogP contribution < -0.4 is 0 Å². The molecule has 0 N–H and O–H groups in total. The number of carbonyl (C=O) groups is 1. The van der Waals surface area contributed by atoms with Crippen LogP contribution in [0.5, 0.6) is 0 Å². The van der Waals surface area contributed by atoms with Crippen LogP contribution in [0.4, 0.5) is 0 Å². The number of pyridine rings is 2. The first-order valence-electron chi connectivity index (χ1n) is 11.5. The molecular formula is C27H32N4O. The summed E-state index contributed by atoms with van der Waals surface area (Å²) in [4.78, 5) is 26.5. The van der Waals surface area contributed by atoms with E-state index in [-0.39, 0.29) is 5.91 Å². The summed E-state index contributed by atoms with van der Waals surface area (Å²) in [7, 11) is 0. The molecule has 5 heteroatoms. The Morgan fingerprint density at radius 2 is 1.81 bits per heavy atom. The number of rotatable bonds is 7. The lowest BCUT2D eigenvalue weighted by Gasteiger charge is -2.35. The van der Waals surface area contributed by atoms with Crippen LogP contribution in [0, 0.1) is 19.8 Å². The third-order valence-corrected chi connectivity index (χ3v) is 6.46. The van der Waals surface area contributed by atoms with E-state index in [9.17, 15) is 4.79 Å². The second-order valence-corrected chi connectivity index (χ2v) is 8.83. The molecule has 1 fully saturated rings. The first-order valence-corrected chi connectivity index (χ1v) is 11.5. The zero-order chi connectivity index (χ0) is 22.3. The van der Waals surface area contributed by atoms with Gasteiger partial charge in [0.25, 0.3) is 5.91 Å². The van der Waals surface area contributed by atoms with Crippen molar-refractivity contribution in [3.05, 3.63) is 95.1 Å². The molecule has 1 aliphatic rings. The van der Waals surface area contributed by atoms with Crippen molar-refractivity contribution in [2.75, 3.05) is 19.6 Å². The molecule has 0 radical (unpaired) electrons. The lowest BCUT2D eigenvalue weighted by molar-refractivity contribution is 0.0670. The van der Waals surface area contributed by atoms with Crippen molar-refractivity contribution in [1.82, 2.24) is 19.8 Å². The van der Waals surface area contributed by atoms with E-state index >= 15 is 0 Å². The molecule has 3 aromatic rings. The van der Waals surface area contributed by atoms with Gasteiger partial charge >= 0.3 is 0 Å². The van der Waals surface area contributed by atoms with E-state index in [1.807, 2.05) is 42.3 Å². The predicted molar refractivity (Wildman–Crippen MR) is 127 cm³/mol. The molecule has 0 unspecified atom stereocenters. The fourth-order valence-corrected chi connectivity index (χ4v) is 4.48. The van der Waals surface area contributed by atoms with Crippen LogP contribution in [0.25, 0.3) is 0 Å². The highest BCUT2D eigenvalue weighted by molar-refractivity contribution is 5.95. The predicted octanol–water partition coefficient (Wildman–Crippen LogP) is 4.65. The summed E-state index contributed by atoms with van der Waals surface area (Å²) in [6.45, 7) is 8.57. The summed E-state index contributed by atoms with van der Waals surface area (Å²) >= 11 is 0. The molecule has 1 amide bonds. The minimum atomic E-state index is 0.0572. The summed E-state index contributed by atoms with van der Waals surface area (Å²) in [5, 5.41) is 0. The molecule has 166 valence electrons. The molecule has 0 saturated carbocycles. The largest absolute Gasteiger partial charge is 0.334 e. The van der Waals surface area contributed by atoms with Gasteiger partial charge in [-0.3, -0.25) is 19.7 Å². The van der Waals surface area contributed by atoms with Gasteiger partial charge in [-0.1, -0.05) is 30.3 Å². The lowest BCUT2D eigenvalue weighted by atomic mass is 9.95. The Labute approximate surface area is 191 Å². The van der Waals surface area contributed by atoms with E-state index in [2.05, 4.69) is 46.1 Å².